The van der Waals surface area contributed by atoms with Gasteiger partial charge >= 0.3 is 12.1 Å². The van der Waals surface area contributed by atoms with E-state index in [9.17, 15) is 14.4 Å². The molecule has 0 heterocycles. The summed E-state index contributed by atoms with van der Waals surface area (Å²) in [4.78, 5) is 35.4. The van der Waals surface area contributed by atoms with Crippen LogP contribution in [0.1, 0.15) is 30.4 Å². The molecule has 0 aromatic heterocycles. The van der Waals surface area contributed by atoms with Crippen molar-refractivity contribution in [1.29, 1.82) is 0 Å². The monoisotopic (exact) mass is 440 g/mol. The maximum Gasteiger partial charge on any atom is 0.407 e. The van der Waals surface area contributed by atoms with Gasteiger partial charge in [-0.15, -0.1) is 0 Å². The van der Waals surface area contributed by atoms with Gasteiger partial charge in [0.1, 0.15) is 6.61 Å². The topological polar surface area (TPSA) is 114 Å². The highest BCUT2D eigenvalue weighted by atomic mass is 16.5. The number of alkyl carbamates (subject to hydrolysis) is 1. The van der Waals surface area contributed by atoms with Crippen LogP contribution < -0.4 is 10.6 Å². The lowest BCUT2D eigenvalue weighted by Gasteiger charge is -2.17. The number of hydrogen-bond acceptors (Lipinski definition) is 5. The van der Waals surface area contributed by atoms with E-state index in [0.29, 0.717) is 0 Å². The largest absolute Gasteiger partial charge is 0.480 e. The van der Waals surface area contributed by atoms with Crippen LogP contribution in [0.3, 0.4) is 0 Å². The molecule has 8 heteroatoms. The van der Waals surface area contributed by atoms with E-state index >= 15 is 0 Å². The Morgan fingerprint density at radius 1 is 1.03 bits per heavy atom. The summed E-state index contributed by atoms with van der Waals surface area (Å²) < 4.78 is 10.3. The minimum absolute atomic E-state index is 0.0231. The van der Waals surface area contributed by atoms with Crippen LogP contribution >= 0.6 is 0 Å². The maximum absolute atomic E-state index is 12.2. The summed E-state index contributed by atoms with van der Waals surface area (Å²) in [5.74, 6) is -1.81. The molecule has 1 aliphatic rings. The number of carbonyl (C=O) groups is 3. The average Bonchev–Trinajstić information content (AvgIpc) is 3.09. The molecule has 1 aliphatic carbocycles. The maximum atomic E-state index is 12.2. The quantitative estimate of drug-likeness (QED) is 0.524. The zero-order chi connectivity index (χ0) is 23.1. The molecule has 0 radical (unpaired) electrons. The Morgan fingerprint density at radius 2 is 1.62 bits per heavy atom. The highest BCUT2D eigenvalue weighted by Gasteiger charge is 2.29. The first kappa shape index (κ1) is 23.3. The number of nitrogens with one attached hydrogen (secondary N) is 2. The van der Waals surface area contributed by atoms with E-state index in [1.807, 2.05) is 24.3 Å². The van der Waals surface area contributed by atoms with E-state index in [0.717, 1.165) is 22.3 Å². The van der Waals surface area contributed by atoms with Crippen LogP contribution in [-0.4, -0.2) is 56.0 Å². The summed E-state index contributed by atoms with van der Waals surface area (Å²) in [5, 5.41) is 14.2. The second kappa shape index (κ2) is 10.8. The molecule has 2 amide bonds. The number of aliphatic carboxylic acids is 1. The molecule has 32 heavy (non-hydrogen) atoms. The van der Waals surface area contributed by atoms with Crippen molar-refractivity contribution < 1.29 is 29.0 Å². The Hall–Kier alpha value is -3.39. The molecule has 2 aromatic carbocycles. The smallest absolute Gasteiger partial charge is 0.407 e. The molecule has 0 spiro atoms. The van der Waals surface area contributed by atoms with Gasteiger partial charge in [0.15, 0.2) is 6.04 Å². The van der Waals surface area contributed by atoms with Crippen LogP contribution in [0, 0.1) is 5.92 Å². The molecule has 0 aliphatic heterocycles. The fourth-order valence-electron chi connectivity index (χ4n) is 3.89. The number of fused-ring (bicyclic) bond motifs is 3. The molecule has 170 valence electrons. The highest BCUT2D eigenvalue weighted by molar-refractivity contribution is 5.83. The van der Waals surface area contributed by atoms with Gasteiger partial charge < -0.3 is 25.2 Å². The first-order valence-electron chi connectivity index (χ1n) is 10.5. The minimum atomic E-state index is -1.16. The molecule has 0 saturated carbocycles. The van der Waals surface area contributed by atoms with Crippen molar-refractivity contribution in [2.45, 2.75) is 25.3 Å². The van der Waals surface area contributed by atoms with Gasteiger partial charge in [-0.3, -0.25) is 4.79 Å². The van der Waals surface area contributed by atoms with E-state index in [-0.39, 0.29) is 38.0 Å². The van der Waals surface area contributed by atoms with Crippen LogP contribution in [0.2, 0.25) is 0 Å². The molecule has 1 unspecified atom stereocenters. The van der Waals surface area contributed by atoms with Crippen LogP contribution in [0.25, 0.3) is 11.1 Å². The third kappa shape index (κ3) is 5.64. The Kier molecular flexibility index (Phi) is 7.83. The van der Waals surface area contributed by atoms with Crippen molar-refractivity contribution in [2.75, 3.05) is 26.9 Å². The Balaban J connectivity index is 1.47. The van der Waals surface area contributed by atoms with Gasteiger partial charge in [-0.2, -0.15) is 0 Å². The second-order valence-corrected chi connectivity index (χ2v) is 7.93. The van der Waals surface area contributed by atoms with Crippen molar-refractivity contribution in [3.63, 3.8) is 0 Å². The molecule has 0 fully saturated rings. The van der Waals surface area contributed by atoms with E-state index < -0.39 is 24.0 Å². The molecule has 0 saturated heterocycles. The molecule has 3 N–H and O–H groups in total. The Labute approximate surface area is 186 Å². The predicted octanol–water partition coefficient (Wildman–Crippen LogP) is 2.77. The molecule has 2 aromatic rings. The number of rotatable bonds is 10. The SMILES string of the molecule is COC[C@H](NC(=O)CC(C)CNC(=O)OCC1c2ccccc2-c2ccccc21)C(=O)O. The number of methoxy groups -OCH3 is 1. The zero-order valence-electron chi connectivity index (χ0n) is 18.2. The van der Waals surface area contributed by atoms with E-state index in [1.54, 1.807) is 6.92 Å². The molecular formula is C24H28N2O6. The van der Waals surface area contributed by atoms with Crippen LogP contribution in [-0.2, 0) is 19.1 Å². The van der Waals surface area contributed by atoms with Gasteiger partial charge in [0.25, 0.3) is 0 Å². The van der Waals surface area contributed by atoms with E-state index in [1.165, 1.54) is 7.11 Å². The van der Waals surface area contributed by atoms with Gasteiger partial charge in [-0.05, 0) is 28.2 Å². The van der Waals surface area contributed by atoms with Crippen molar-refractivity contribution in [1.82, 2.24) is 10.6 Å². The van der Waals surface area contributed by atoms with Crippen LogP contribution in [0.4, 0.5) is 4.79 Å². The number of ether oxygens (including phenoxy) is 2. The number of carbonyl (C=O) groups excluding carboxylic acids is 2. The second-order valence-electron chi connectivity index (χ2n) is 7.93. The first-order valence-corrected chi connectivity index (χ1v) is 10.5. The summed E-state index contributed by atoms with van der Waals surface area (Å²) in [6.45, 7) is 2.11. The number of hydrogen-bond donors (Lipinski definition) is 3. The van der Waals surface area contributed by atoms with Gasteiger partial charge in [0.05, 0.1) is 6.61 Å². The normalized spacial score (nSPS) is 14.1. The summed E-state index contributed by atoms with van der Waals surface area (Å²) in [6, 6.07) is 15.1. The van der Waals surface area contributed by atoms with Crippen molar-refractivity contribution >= 4 is 18.0 Å². The van der Waals surface area contributed by atoms with Crippen LogP contribution in [0.5, 0.6) is 0 Å². The highest BCUT2D eigenvalue weighted by Crippen LogP contribution is 2.44. The van der Waals surface area contributed by atoms with Gasteiger partial charge in [0.2, 0.25) is 5.91 Å². The Bertz CT molecular complexity index is 931. The van der Waals surface area contributed by atoms with Crippen molar-refractivity contribution in [3.8, 4) is 11.1 Å². The summed E-state index contributed by atoms with van der Waals surface area (Å²) in [6.07, 6.45) is -0.487. The molecular weight excluding hydrogens is 412 g/mol. The lowest BCUT2D eigenvalue weighted by atomic mass is 9.98. The minimum Gasteiger partial charge on any atom is -0.480 e. The van der Waals surface area contributed by atoms with E-state index in [2.05, 4.69) is 34.9 Å². The summed E-state index contributed by atoms with van der Waals surface area (Å²) >= 11 is 0. The molecule has 3 rings (SSSR count). The third-order valence-electron chi connectivity index (χ3n) is 5.44. The number of benzene rings is 2. The third-order valence-corrected chi connectivity index (χ3v) is 5.44. The first-order chi connectivity index (χ1) is 15.4. The lowest BCUT2D eigenvalue weighted by molar-refractivity contribution is -0.143. The fourth-order valence-corrected chi connectivity index (χ4v) is 3.89. The summed E-state index contributed by atoms with van der Waals surface area (Å²) in [7, 11) is 1.36. The van der Waals surface area contributed by atoms with Crippen molar-refractivity contribution in [3.05, 3.63) is 59.7 Å². The zero-order valence-corrected chi connectivity index (χ0v) is 18.2. The number of amides is 2. The molecule has 8 nitrogen and oxygen atoms in total. The standard InChI is InChI=1S/C24H28N2O6/c1-15(11-22(27)26-21(14-31-2)23(28)29)12-25-24(30)32-13-20-18-9-5-3-7-16(18)17-8-4-6-10-19(17)20/h3-10,15,20-21H,11-14H2,1-2H3,(H,25,30)(H,26,27)(H,28,29)/t15?,21-/m0/s1. The predicted molar refractivity (Wildman–Crippen MR) is 118 cm³/mol. The summed E-state index contributed by atoms with van der Waals surface area (Å²) in [5.41, 5.74) is 4.58. The number of carboxylic acid groups (broad SMARTS) is 1. The van der Waals surface area contributed by atoms with Gasteiger partial charge in [-0.1, -0.05) is 55.5 Å². The molecule has 2 atom stereocenters. The van der Waals surface area contributed by atoms with Crippen molar-refractivity contribution in [2.24, 2.45) is 5.92 Å². The van der Waals surface area contributed by atoms with Gasteiger partial charge in [-0.25, -0.2) is 9.59 Å². The molecule has 0 bridgehead atoms. The average molecular weight is 440 g/mol. The van der Waals surface area contributed by atoms with Gasteiger partial charge in [0, 0.05) is 26.0 Å². The number of carboxylic acids is 1. The van der Waals surface area contributed by atoms with Crippen LogP contribution in [0.15, 0.2) is 48.5 Å². The fraction of sp³-hybridized carbons (Fsp3) is 0.375. The van der Waals surface area contributed by atoms with E-state index in [4.69, 9.17) is 14.6 Å². The lowest BCUT2D eigenvalue weighted by Crippen LogP contribution is -2.44. The Morgan fingerprint density at radius 3 is 2.19 bits per heavy atom.